The van der Waals surface area contributed by atoms with E-state index in [4.69, 9.17) is 4.74 Å². The van der Waals surface area contributed by atoms with Crippen molar-refractivity contribution in [2.75, 3.05) is 53.5 Å². The van der Waals surface area contributed by atoms with Crippen molar-refractivity contribution >= 4 is 49.8 Å². The number of ether oxygens (including phenoxy) is 1. The monoisotopic (exact) mass is 643 g/mol. The van der Waals surface area contributed by atoms with Crippen molar-refractivity contribution in [2.24, 2.45) is 0 Å². The number of pyridine rings is 1. The summed E-state index contributed by atoms with van der Waals surface area (Å²) in [4.78, 5) is 28.1. The average molecular weight is 644 g/mol. The predicted molar refractivity (Wildman–Crippen MR) is 161 cm³/mol. The lowest BCUT2D eigenvalue weighted by molar-refractivity contribution is -0.129. The van der Waals surface area contributed by atoms with Gasteiger partial charge >= 0.3 is 6.18 Å². The van der Waals surface area contributed by atoms with Crippen LogP contribution in [-0.2, 0) is 19.2 Å². The van der Waals surface area contributed by atoms with Gasteiger partial charge in [-0.15, -0.1) is 0 Å². The third-order valence-corrected chi connectivity index (χ3v) is 8.40. The highest BCUT2D eigenvalue weighted by atomic mass is 32.2. The summed E-state index contributed by atoms with van der Waals surface area (Å²) < 4.78 is 87.0. The van der Waals surface area contributed by atoms with E-state index in [1.165, 1.54) is 23.2 Å². The number of hydrogen-bond acceptors (Lipinski definition) is 8. The lowest BCUT2D eigenvalue weighted by atomic mass is 10.1. The zero-order valence-electron chi connectivity index (χ0n) is 22.9. The molecular formula is C28H34F5N7O3S. The minimum absolute atomic E-state index is 0. The van der Waals surface area contributed by atoms with Gasteiger partial charge in [-0.25, -0.2) is 27.9 Å². The van der Waals surface area contributed by atoms with Gasteiger partial charge in [0.2, 0.25) is 11.9 Å². The van der Waals surface area contributed by atoms with Crippen LogP contribution < -0.4 is 20.3 Å². The van der Waals surface area contributed by atoms with E-state index in [-0.39, 0.29) is 81.4 Å². The summed E-state index contributed by atoms with van der Waals surface area (Å²) in [5.41, 5.74) is 1.30. The molecule has 2 aliphatic rings. The Morgan fingerprint density at radius 1 is 1.18 bits per heavy atom. The molecular weight excluding hydrogens is 609 g/mol. The van der Waals surface area contributed by atoms with Gasteiger partial charge in [-0.2, -0.15) is 13.2 Å². The topological polar surface area (TPSA) is 121 Å². The number of piperidine rings is 1. The van der Waals surface area contributed by atoms with Gasteiger partial charge in [-0.3, -0.25) is 4.79 Å². The Labute approximate surface area is 251 Å². The maximum absolute atomic E-state index is 15.1. The molecule has 0 spiro atoms. The molecule has 240 valence electrons. The largest absolute Gasteiger partial charge is 0.390 e. The number of nitrogens with zero attached hydrogens (tertiary/aromatic N) is 4. The fraction of sp³-hybridized carbons (Fsp3) is 0.464. The lowest BCUT2D eigenvalue weighted by Crippen LogP contribution is -2.44. The number of nitrogens with one attached hydrogen (secondary N) is 3. The van der Waals surface area contributed by atoms with E-state index in [1.54, 1.807) is 6.07 Å². The Kier molecular flexibility index (Phi) is 10.3. The van der Waals surface area contributed by atoms with Crippen LogP contribution in [0.5, 0.6) is 0 Å². The molecule has 3 aromatic rings. The van der Waals surface area contributed by atoms with Crippen molar-refractivity contribution in [3.63, 3.8) is 0 Å². The second-order valence-electron chi connectivity index (χ2n) is 10.4. The third kappa shape index (κ3) is 8.30. The molecule has 3 N–H and O–H groups in total. The van der Waals surface area contributed by atoms with Gasteiger partial charge in [-0.1, -0.05) is 13.5 Å². The van der Waals surface area contributed by atoms with E-state index in [1.807, 2.05) is 0 Å². The minimum atomic E-state index is -4.53. The first kappa shape index (κ1) is 33.3. The van der Waals surface area contributed by atoms with Crippen LogP contribution in [0.25, 0.3) is 22.3 Å². The average Bonchev–Trinajstić information content (AvgIpc) is 3.16. The van der Waals surface area contributed by atoms with E-state index in [0.29, 0.717) is 23.3 Å². The second-order valence-corrected chi connectivity index (χ2v) is 12.6. The van der Waals surface area contributed by atoms with Crippen LogP contribution in [0.3, 0.4) is 0 Å². The molecule has 3 atom stereocenters. The fourth-order valence-electron chi connectivity index (χ4n) is 4.83. The van der Waals surface area contributed by atoms with E-state index < -0.39 is 40.0 Å². The first-order valence-corrected chi connectivity index (χ1v) is 15.4. The van der Waals surface area contributed by atoms with Crippen LogP contribution in [0, 0.1) is 5.82 Å². The molecule has 2 aromatic heterocycles. The van der Waals surface area contributed by atoms with Crippen LogP contribution in [0.1, 0.15) is 26.7 Å². The fourth-order valence-corrected chi connectivity index (χ4v) is 6.06. The summed E-state index contributed by atoms with van der Waals surface area (Å²) in [6, 6.07) is 5.11. The summed E-state index contributed by atoms with van der Waals surface area (Å²) in [6.45, 7) is 1.56. The van der Waals surface area contributed by atoms with Crippen molar-refractivity contribution in [3.8, 4) is 11.3 Å². The maximum Gasteiger partial charge on any atom is 0.390 e. The summed E-state index contributed by atoms with van der Waals surface area (Å²) >= 11 is 0. The van der Waals surface area contributed by atoms with E-state index in [9.17, 15) is 26.6 Å². The number of anilines is 3. The first-order valence-electron chi connectivity index (χ1n) is 13.5. The molecule has 2 saturated heterocycles. The maximum atomic E-state index is 15.1. The van der Waals surface area contributed by atoms with Crippen molar-refractivity contribution < 1.29 is 35.7 Å². The number of carbonyl (C=O) groups is 1. The Bertz CT molecular complexity index is 1610. The molecule has 16 heteroatoms. The first-order chi connectivity index (χ1) is 20.4. The summed E-state index contributed by atoms with van der Waals surface area (Å²) in [7, 11) is -3.47. The van der Waals surface area contributed by atoms with Crippen molar-refractivity contribution in [1.82, 2.24) is 20.3 Å². The molecule has 4 heterocycles. The van der Waals surface area contributed by atoms with Gasteiger partial charge < -0.3 is 25.0 Å². The third-order valence-electron chi connectivity index (χ3n) is 6.94. The highest BCUT2D eigenvalue weighted by Gasteiger charge is 2.29. The van der Waals surface area contributed by atoms with Crippen LogP contribution in [-0.4, -0.2) is 87.9 Å². The molecule has 1 amide bonds. The van der Waals surface area contributed by atoms with Gasteiger partial charge in [0.25, 0.3) is 0 Å². The second kappa shape index (κ2) is 13.6. The number of alkyl halides is 4. The number of aromatic nitrogens is 3. The van der Waals surface area contributed by atoms with E-state index in [0.717, 1.165) is 6.07 Å². The van der Waals surface area contributed by atoms with Crippen LogP contribution >= 0.6 is 0 Å². The van der Waals surface area contributed by atoms with Gasteiger partial charge in [0.05, 0.1) is 49.3 Å². The Hall–Kier alpha value is -3.63. The number of amides is 1. The SMILES string of the molecule is C.C=S(=O)(CCC(F)(F)F)Nc1ccc(-c2cc(N3CCOCCC3=O)c3nc(N[C@@H]4CNC[C@@H](F)C4)ncc3n2)cc1F. The number of carbonyl (C=O) groups excluding carboxylic acids is 1. The van der Waals surface area contributed by atoms with E-state index >= 15 is 4.39 Å². The molecule has 2 aliphatic heterocycles. The highest BCUT2D eigenvalue weighted by Crippen LogP contribution is 2.33. The van der Waals surface area contributed by atoms with Gasteiger partial charge in [-0.05, 0) is 24.1 Å². The number of hydrogen-bond donors (Lipinski definition) is 3. The van der Waals surface area contributed by atoms with Crippen LogP contribution in [0.2, 0.25) is 0 Å². The summed E-state index contributed by atoms with van der Waals surface area (Å²) in [5.74, 6) is 1.62. The molecule has 10 nitrogen and oxygen atoms in total. The minimum Gasteiger partial charge on any atom is -0.379 e. The quantitative estimate of drug-likeness (QED) is 0.245. The Morgan fingerprint density at radius 3 is 2.70 bits per heavy atom. The molecule has 1 unspecified atom stereocenters. The predicted octanol–water partition coefficient (Wildman–Crippen LogP) is 4.33. The smallest absolute Gasteiger partial charge is 0.379 e. The Balaban J connectivity index is 0.00000442. The Morgan fingerprint density at radius 2 is 1.98 bits per heavy atom. The van der Waals surface area contributed by atoms with Crippen molar-refractivity contribution in [3.05, 3.63) is 36.3 Å². The zero-order chi connectivity index (χ0) is 30.8. The van der Waals surface area contributed by atoms with Crippen molar-refractivity contribution in [2.45, 2.75) is 45.1 Å². The van der Waals surface area contributed by atoms with Crippen molar-refractivity contribution in [1.29, 1.82) is 0 Å². The molecule has 0 saturated carbocycles. The van der Waals surface area contributed by atoms with Gasteiger partial charge in [0.1, 0.15) is 23.0 Å². The standard InChI is InChI=1S/C27H30F5N7O3S.CH4/c1-43(41,9-5-27(30,31)32)38-20-3-2-16(10-19(20)29)21-12-23(39-6-8-42-7-4-24(39)40)25-22(36-21)15-34-26(37-25)35-18-11-17(28)13-33-14-18;/h2-3,10,12,15,17-18,33H,1,4-9,11,13-14H2,(H,38,41)(H,34,35,37);1H4/t17-,18-,43?;/m0./s1. The highest BCUT2D eigenvalue weighted by molar-refractivity contribution is 8.01. The lowest BCUT2D eigenvalue weighted by Gasteiger charge is -2.26. The molecule has 0 aliphatic carbocycles. The van der Waals surface area contributed by atoms with Crippen LogP contribution in [0.4, 0.5) is 39.3 Å². The molecule has 0 bridgehead atoms. The van der Waals surface area contributed by atoms with E-state index in [2.05, 4.69) is 36.2 Å². The number of fused-ring (bicyclic) bond motifs is 1. The van der Waals surface area contributed by atoms with Crippen LogP contribution in [0.15, 0.2) is 30.5 Å². The molecule has 44 heavy (non-hydrogen) atoms. The summed E-state index contributed by atoms with van der Waals surface area (Å²) in [5, 5.41) is 6.13. The zero-order valence-corrected chi connectivity index (χ0v) is 23.7. The molecule has 5 rings (SSSR count). The summed E-state index contributed by atoms with van der Waals surface area (Å²) in [6.07, 6.45) is -5.01. The number of benzene rings is 1. The number of rotatable bonds is 8. The molecule has 0 radical (unpaired) electrons. The number of halogens is 5. The van der Waals surface area contributed by atoms with Gasteiger partial charge in [0, 0.05) is 53.1 Å². The molecule has 1 aromatic carbocycles. The normalized spacial score (nSPS) is 20.8. The van der Waals surface area contributed by atoms with Gasteiger partial charge in [0.15, 0.2) is 0 Å². The molecule has 2 fully saturated rings.